The fraction of sp³-hybridized carbons (Fsp3) is 0.208. The Morgan fingerprint density at radius 2 is 1.78 bits per heavy atom. The zero-order chi connectivity index (χ0) is 25.7. The molecule has 0 radical (unpaired) electrons. The van der Waals surface area contributed by atoms with Gasteiger partial charge in [0.15, 0.2) is 6.61 Å². The first-order valence-electron chi connectivity index (χ1n) is 10.9. The number of anilines is 1. The Labute approximate surface area is 207 Å². The van der Waals surface area contributed by atoms with E-state index in [-0.39, 0.29) is 33.6 Å². The van der Waals surface area contributed by atoms with Crippen LogP contribution < -0.4 is 4.72 Å². The van der Waals surface area contributed by atoms with Crippen LogP contribution in [-0.2, 0) is 19.6 Å². The first-order valence-corrected chi connectivity index (χ1v) is 12.4. The lowest BCUT2D eigenvalue weighted by Crippen LogP contribution is -2.50. The van der Waals surface area contributed by atoms with Crippen molar-refractivity contribution in [2.45, 2.75) is 11.8 Å². The molecular formula is C24H23N5O6S. The van der Waals surface area contributed by atoms with E-state index in [1.54, 1.807) is 17.0 Å². The molecule has 186 valence electrons. The molecule has 12 heteroatoms. The maximum absolute atomic E-state index is 12.5. The van der Waals surface area contributed by atoms with Crippen LogP contribution in [0.2, 0.25) is 0 Å². The number of likely N-dealkylation sites (tertiary alicyclic amines) is 1. The smallest absolute Gasteiger partial charge is 0.342 e. The highest BCUT2D eigenvalue weighted by molar-refractivity contribution is 7.92. The molecule has 4 rings (SSSR count). The van der Waals surface area contributed by atoms with Gasteiger partial charge < -0.3 is 14.7 Å². The average Bonchev–Trinajstić information content (AvgIpc) is 2.85. The van der Waals surface area contributed by atoms with Crippen LogP contribution in [0.5, 0.6) is 5.75 Å². The van der Waals surface area contributed by atoms with E-state index < -0.39 is 22.6 Å². The number of pyridine rings is 1. The van der Waals surface area contributed by atoms with Crippen molar-refractivity contribution in [1.29, 1.82) is 0 Å². The van der Waals surface area contributed by atoms with E-state index in [9.17, 15) is 23.1 Å². The van der Waals surface area contributed by atoms with Crippen molar-refractivity contribution >= 4 is 39.1 Å². The average molecular weight is 510 g/mol. The lowest BCUT2D eigenvalue weighted by atomic mass is 10.0. The van der Waals surface area contributed by atoms with Crippen LogP contribution in [0.1, 0.15) is 17.3 Å². The molecule has 1 aliphatic heterocycles. The third-order valence-electron chi connectivity index (χ3n) is 5.28. The number of nitrogens with one attached hydrogen (secondary N) is 1. The molecule has 36 heavy (non-hydrogen) atoms. The molecule has 0 atom stereocenters. The number of nitrogens with zero attached hydrogens (tertiary/aromatic N) is 4. The molecule has 11 nitrogen and oxygen atoms in total. The first-order chi connectivity index (χ1) is 17.2. The molecule has 2 N–H and O–H groups in total. The largest absolute Gasteiger partial charge is 0.507 e. The summed E-state index contributed by atoms with van der Waals surface area (Å²) in [5.41, 5.74) is 0.452. The molecule has 2 aromatic carbocycles. The second-order valence-corrected chi connectivity index (χ2v) is 9.88. The van der Waals surface area contributed by atoms with Crippen LogP contribution in [0.4, 0.5) is 17.2 Å². The second kappa shape index (κ2) is 10.5. The van der Waals surface area contributed by atoms with Crippen LogP contribution in [-0.4, -0.2) is 55.0 Å². The molecule has 0 spiro atoms. The molecule has 0 unspecified atom stereocenters. The van der Waals surface area contributed by atoms with Gasteiger partial charge in [-0.2, -0.15) is 10.2 Å². The Bertz CT molecular complexity index is 1390. The maximum Gasteiger partial charge on any atom is 0.342 e. The maximum atomic E-state index is 12.5. The van der Waals surface area contributed by atoms with E-state index in [4.69, 9.17) is 4.74 Å². The summed E-state index contributed by atoms with van der Waals surface area (Å²) in [6.07, 6.45) is 1.48. The van der Waals surface area contributed by atoms with Gasteiger partial charge in [-0.15, -0.1) is 0 Å². The predicted octanol–water partition coefficient (Wildman–Crippen LogP) is 3.64. The number of esters is 1. The number of benzene rings is 2. The normalized spacial score (nSPS) is 13.9. The van der Waals surface area contributed by atoms with E-state index in [2.05, 4.69) is 19.9 Å². The van der Waals surface area contributed by atoms with Gasteiger partial charge in [-0.1, -0.05) is 13.0 Å². The number of aromatic nitrogens is 1. The van der Waals surface area contributed by atoms with Crippen molar-refractivity contribution in [2.75, 3.05) is 24.4 Å². The first kappa shape index (κ1) is 24.8. The number of phenolic OH excluding ortho intramolecular Hbond substituents is 1. The van der Waals surface area contributed by atoms with Crippen LogP contribution in [0, 0.1) is 5.92 Å². The predicted molar refractivity (Wildman–Crippen MR) is 130 cm³/mol. The van der Waals surface area contributed by atoms with Gasteiger partial charge in [0.05, 0.1) is 16.3 Å². The summed E-state index contributed by atoms with van der Waals surface area (Å²) >= 11 is 0. The quantitative estimate of drug-likeness (QED) is 0.347. The van der Waals surface area contributed by atoms with Gasteiger partial charge in [0.2, 0.25) is 0 Å². The van der Waals surface area contributed by atoms with Gasteiger partial charge in [0.1, 0.15) is 17.1 Å². The third kappa shape index (κ3) is 6.02. The minimum absolute atomic E-state index is 0.0176. The summed E-state index contributed by atoms with van der Waals surface area (Å²) < 4.78 is 32.4. The van der Waals surface area contributed by atoms with E-state index in [1.807, 2.05) is 6.92 Å². The molecule has 1 aromatic heterocycles. The third-order valence-corrected chi connectivity index (χ3v) is 6.65. The highest BCUT2D eigenvalue weighted by atomic mass is 32.2. The Balaban J connectivity index is 1.39. The summed E-state index contributed by atoms with van der Waals surface area (Å²) in [4.78, 5) is 29.9. The van der Waals surface area contributed by atoms with Crippen molar-refractivity contribution < 1.29 is 27.9 Å². The Morgan fingerprint density at radius 3 is 2.44 bits per heavy atom. The number of carbonyl (C=O) groups is 2. The number of phenols is 1. The summed E-state index contributed by atoms with van der Waals surface area (Å²) in [5, 5.41) is 18.1. The Hall–Kier alpha value is -4.32. The Kier molecular flexibility index (Phi) is 7.25. The molecule has 0 bridgehead atoms. The van der Waals surface area contributed by atoms with Gasteiger partial charge in [0.25, 0.3) is 15.9 Å². The van der Waals surface area contributed by atoms with E-state index in [0.29, 0.717) is 24.7 Å². The van der Waals surface area contributed by atoms with Gasteiger partial charge in [-0.25, -0.2) is 18.2 Å². The Morgan fingerprint density at radius 1 is 1.08 bits per heavy atom. The minimum Gasteiger partial charge on any atom is -0.507 e. The van der Waals surface area contributed by atoms with Crippen molar-refractivity contribution in [2.24, 2.45) is 16.1 Å². The van der Waals surface area contributed by atoms with Crippen LogP contribution >= 0.6 is 0 Å². The number of ether oxygens (including phenoxy) is 1. The molecule has 1 saturated heterocycles. The summed E-state index contributed by atoms with van der Waals surface area (Å²) in [7, 11) is -3.83. The number of hydrogen-bond acceptors (Lipinski definition) is 9. The van der Waals surface area contributed by atoms with Crippen LogP contribution in [0.25, 0.3) is 0 Å². The number of amides is 1. The zero-order valence-electron chi connectivity index (χ0n) is 19.2. The number of rotatable bonds is 8. The number of aromatic hydroxyl groups is 1. The highest BCUT2D eigenvalue weighted by Crippen LogP contribution is 2.26. The monoisotopic (exact) mass is 509 g/mol. The van der Waals surface area contributed by atoms with E-state index in [0.717, 1.165) is 0 Å². The van der Waals surface area contributed by atoms with Crippen LogP contribution in [0.3, 0.4) is 0 Å². The van der Waals surface area contributed by atoms with Gasteiger partial charge in [-0.3, -0.25) is 9.52 Å². The SMILES string of the molecule is CC1CN(C(=O)COC(=O)c2cc(N=Nc3ccc(S(=O)(=O)Nc4ccccn4)cc3)ccc2O)C1. The van der Waals surface area contributed by atoms with E-state index >= 15 is 0 Å². The number of carbonyl (C=O) groups excluding carboxylic acids is 2. The lowest BCUT2D eigenvalue weighted by Gasteiger charge is -2.36. The molecule has 2 heterocycles. The lowest BCUT2D eigenvalue weighted by molar-refractivity contribution is -0.140. The van der Waals surface area contributed by atoms with Gasteiger partial charge in [0, 0.05) is 19.3 Å². The fourth-order valence-electron chi connectivity index (χ4n) is 3.38. The second-order valence-electron chi connectivity index (χ2n) is 8.20. The van der Waals surface area contributed by atoms with Crippen molar-refractivity contribution in [3.63, 3.8) is 0 Å². The zero-order valence-corrected chi connectivity index (χ0v) is 20.1. The van der Waals surface area contributed by atoms with Gasteiger partial charge in [-0.05, 0) is 60.5 Å². The standard InChI is InChI=1S/C24H23N5O6S/c1-16-13-29(14-16)23(31)15-35-24(32)20-12-18(7-10-21(20)30)27-26-17-5-8-19(9-6-17)36(33,34)28-22-4-2-3-11-25-22/h2-12,16,30H,13-15H2,1H3,(H,25,28). The number of hydrogen-bond donors (Lipinski definition) is 2. The molecule has 0 aliphatic carbocycles. The summed E-state index contributed by atoms with van der Waals surface area (Å²) in [5.74, 6) is -0.847. The molecule has 1 aliphatic rings. The fourth-order valence-corrected chi connectivity index (χ4v) is 4.38. The molecular weight excluding hydrogens is 486 g/mol. The molecule has 1 fully saturated rings. The van der Waals surface area contributed by atoms with Crippen molar-refractivity contribution in [3.8, 4) is 5.75 Å². The molecule has 0 saturated carbocycles. The van der Waals surface area contributed by atoms with Crippen LogP contribution in [0.15, 0.2) is 82.0 Å². The topological polar surface area (TPSA) is 151 Å². The number of azo groups is 1. The molecule has 1 amide bonds. The molecule has 3 aromatic rings. The summed E-state index contributed by atoms with van der Waals surface area (Å²) in [6.45, 7) is 2.86. The van der Waals surface area contributed by atoms with Gasteiger partial charge >= 0.3 is 5.97 Å². The van der Waals surface area contributed by atoms with E-state index in [1.165, 1.54) is 54.7 Å². The van der Waals surface area contributed by atoms with Crippen molar-refractivity contribution in [3.05, 3.63) is 72.4 Å². The summed E-state index contributed by atoms with van der Waals surface area (Å²) in [6, 6.07) is 14.5. The number of sulfonamides is 1. The van der Waals surface area contributed by atoms with Crippen molar-refractivity contribution in [1.82, 2.24) is 9.88 Å². The minimum atomic E-state index is -3.83. The highest BCUT2D eigenvalue weighted by Gasteiger charge is 2.28.